The van der Waals surface area contributed by atoms with Gasteiger partial charge in [0.25, 0.3) is 0 Å². The maximum Gasteiger partial charge on any atom is 0.213 e. The van der Waals surface area contributed by atoms with Crippen LogP contribution in [0.15, 0.2) is 23.3 Å². The lowest BCUT2D eigenvalue weighted by Gasteiger charge is -2.27. The zero-order valence-electron chi connectivity index (χ0n) is 14.4. The predicted molar refractivity (Wildman–Crippen MR) is 91.5 cm³/mol. The van der Waals surface area contributed by atoms with Crippen LogP contribution in [0.25, 0.3) is 0 Å². The van der Waals surface area contributed by atoms with Gasteiger partial charge in [-0.1, -0.05) is 13.8 Å². The molecule has 6 nitrogen and oxygen atoms in total. The number of aromatic nitrogens is 1. The van der Waals surface area contributed by atoms with Gasteiger partial charge in [-0.3, -0.25) is 0 Å². The first kappa shape index (κ1) is 17.5. The van der Waals surface area contributed by atoms with Gasteiger partial charge in [0.15, 0.2) is 5.96 Å². The fraction of sp³-hybridized carbons (Fsp3) is 0.647. The Balaban J connectivity index is 1.91. The molecule has 23 heavy (non-hydrogen) atoms. The highest BCUT2D eigenvalue weighted by atomic mass is 16.5. The van der Waals surface area contributed by atoms with Crippen LogP contribution in [-0.2, 0) is 11.3 Å². The van der Waals surface area contributed by atoms with E-state index in [0.717, 1.165) is 25.1 Å². The molecule has 0 amide bonds. The van der Waals surface area contributed by atoms with Gasteiger partial charge in [0.1, 0.15) is 0 Å². The first-order valence-corrected chi connectivity index (χ1v) is 8.29. The number of hydrogen-bond acceptors (Lipinski definition) is 4. The lowest BCUT2D eigenvalue weighted by molar-refractivity contribution is 0.0674. The van der Waals surface area contributed by atoms with Crippen LogP contribution in [0.3, 0.4) is 0 Å². The first-order chi connectivity index (χ1) is 11.0. The van der Waals surface area contributed by atoms with Gasteiger partial charge >= 0.3 is 0 Å². The molecule has 1 atom stereocenters. The Labute approximate surface area is 138 Å². The summed E-state index contributed by atoms with van der Waals surface area (Å²) in [5.74, 6) is 1.82. The molecular formula is C17H28N4O2. The Morgan fingerprint density at radius 1 is 1.39 bits per heavy atom. The summed E-state index contributed by atoms with van der Waals surface area (Å²) < 4.78 is 11.2. The standard InChI is InChI=1S/C17H28N4O2/c1-13(2)10-14(3)23-16-11-15(4-5-19-16)12-20-17(18)21-6-8-22-9-7-21/h4-5,11,13-14H,6-10,12H2,1-3H3,(H2,18,20). The monoisotopic (exact) mass is 320 g/mol. The number of nitrogens with zero attached hydrogens (tertiary/aromatic N) is 3. The van der Waals surface area contributed by atoms with Crippen molar-refractivity contribution < 1.29 is 9.47 Å². The normalized spacial score (nSPS) is 17.4. The first-order valence-electron chi connectivity index (χ1n) is 8.29. The molecule has 0 radical (unpaired) electrons. The Kier molecular flexibility index (Phi) is 6.65. The predicted octanol–water partition coefficient (Wildman–Crippen LogP) is 2.04. The molecule has 1 aliphatic heterocycles. The molecule has 1 fully saturated rings. The summed E-state index contributed by atoms with van der Waals surface area (Å²) in [7, 11) is 0. The second-order valence-electron chi connectivity index (χ2n) is 6.33. The van der Waals surface area contributed by atoms with E-state index in [4.69, 9.17) is 15.2 Å². The molecule has 0 bridgehead atoms. The van der Waals surface area contributed by atoms with Crippen LogP contribution in [0.5, 0.6) is 5.88 Å². The minimum absolute atomic E-state index is 0.152. The third-order valence-corrected chi connectivity index (χ3v) is 3.68. The molecule has 6 heteroatoms. The summed E-state index contributed by atoms with van der Waals surface area (Å²) in [6, 6.07) is 3.88. The smallest absolute Gasteiger partial charge is 0.213 e. The Morgan fingerprint density at radius 3 is 2.83 bits per heavy atom. The fourth-order valence-corrected chi connectivity index (χ4v) is 2.60. The minimum atomic E-state index is 0.152. The van der Waals surface area contributed by atoms with Crippen molar-refractivity contribution in [2.45, 2.75) is 39.8 Å². The van der Waals surface area contributed by atoms with Gasteiger partial charge in [-0.2, -0.15) is 0 Å². The lowest BCUT2D eigenvalue weighted by atomic mass is 10.1. The van der Waals surface area contributed by atoms with E-state index in [-0.39, 0.29) is 6.10 Å². The van der Waals surface area contributed by atoms with Crippen LogP contribution in [0, 0.1) is 5.92 Å². The van der Waals surface area contributed by atoms with E-state index in [9.17, 15) is 0 Å². The van der Waals surface area contributed by atoms with Crippen LogP contribution in [0.1, 0.15) is 32.8 Å². The summed E-state index contributed by atoms with van der Waals surface area (Å²) >= 11 is 0. The van der Waals surface area contributed by atoms with Crippen molar-refractivity contribution in [3.05, 3.63) is 23.9 Å². The third kappa shape index (κ3) is 6.06. The molecule has 1 aromatic rings. The van der Waals surface area contributed by atoms with E-state index >= 15 is 0 Å². The Hall–Kier alpha value is -1.82. The Morgan fingerprint density at radius 2 is 2.13 bits per heavy atom. The van der Waals surface area contributed by atoms with E-state index in [1.807, 2.05) is 17.0 Å². The van der Waals surface area contributed by atoms with E-state index in [1.165, 1.54) is 0 Å². The second kappa shape index (κ2) is 8.72. The highest BCUT2D eigenvalue weighted by Crippen LogP contribution is 2.15. The van der Waals surface area contributed by atoms with Gasteiger partial charge in [0, 0.05) is 25.4 Å². The number of rotatable bonds is 6. The average molecular weight is 320 g/mol. The summed E-state index contributed by atoms with van der Waals surface area (Å²) in [6.45, 7) is 9.98. The fourth-order valence-electron chi connectivity index (χ4n) is 2.60. The number of morpholine rings is 1. The molecule has 1 aliphatic rings. The highest BCUT2D eigenvalue weighted by molar-refractivity contribution is 5.78. The molecule has 0 aliphatic carbocycles. The van der Waals surface area contributed by atoms with Crippen molar-refractivity contribution in [1.29, 1.82) is 0 Å². The topological polar surface area (TPSA) is 73.0 Å². The average Bonchev–Trinajstić information content (AvgIpc) is 2.53. The van der Waals surface area contributed by atoms with Crippen molar-refractivity contribution >= 4 is 5.96 Å². The zero-order valence-corrected chi connectivity index (χ0v) is 14.4. The van der Waals surface area contributed by atoms with Crippen LogP contribution in [0.2, 0.25) is 0 Å². The van der Waals surface area contributed by atoms with E-state index in [2.05, 4.69) is 30.7 Å². The highest BCUT2D eigenvalue weighted by Gasteiger charge is 2.12. The summed E-state index contributed by atoms with van der Waals surface area (Å²) in [5, 5.41) is 0. The van der Waals surface area contributed by atoms with E-state index < -0.39 is 0 Å². The number of pyridine rings is 1. The van der Waals surface area contributed by atoms with Gasteiger partial charge in [-0.25, -0.2) is 9.98 Å². The summed E-state index contributed by atoms with van der Waals surface area (Å²) in [5.41, 5.74) is 7.09. The second-order valence-corrected chi connectivity index (χ2v) is 6.33. The third-order valence-electron chi connectivity index (χ3n) is 3.68. The van der Waals surface area contributed by atoms with Crippen molar-refractivity contribution in [3.63, 3.8) is 0 Å². The molecule has 128 valence electrons. The van der Waals surface area contributed by atoms with Crippen molar-refractivity contribution in [1.82, 2.24) is 9.88 Å². The molecule has 1 aromatic heterocycles. The number of ether oxygens (including phenoxy) is 2. The molecule has 1 unspecified atom stereocenters. The molecule has 2 N–H and O–H groups in total. The largest absolute Gasteiger partial charge is 0.475 e. The molecule has 2 heterocycles. The number of hydrogen-bond donors (Lipinski definition) is 1. The van der Waals surface area contributed by atoms with E-state index in [1.54, 1.807) is 6.20 Å². The SMILES string of the molecule is CC(C)CC(C)Oc1cc(CN=C(N)N2CCOCC2)ccn1. The molecule has 0 spiro atoms. The summed E-state index contributed by atoms with van der Waals surface area (Å²) in [4.78, 5) is 10.8. The molecule has 0 saturated carbocycles. The quantitative estimate of drug-likeness (QED) is 0.641. The van der Waals surface area contributed by atoms with Crippen molar-refractivity contribution in [2.24, 2.45) is 16.6 Å². The van der Waals surface area contributed by atoms with Crippen molar-refractivity contribution in [3.8, 4) is 5.88 Å². The van der Waals surface area contributed by atoms with E-state index in [0.29, 0.717) is 37.5 Å². The summed E-state index contributed by atoms with van der Waals surface area (Å²) in [6.07, 6.45) is 2.92. The van der Waals surface area contributed by atoms with Gasteiger partial charge < -0.3 is 20.1 Å². The van der Waals surface area contributed by atoms with Crippen LogP contribution in [-0.4, -0.2) is 48.3 Å². The van der Waals surface area contributed by atoms with Gasteiger partial charge in [-0.15, -0.1) is 0 Å². The molecule has 1 saturated heterocycles. The lowest BCUT2D eigenvalue weighted by Crippen LogP contribution is -2.44. The molecule has 2 rings (SSSR count). The van der Waals surface area contributed by atoms with Gasteiger partial charge in [0.05, 0.1) is 25.9 Å². The minimum Gasteiger partial charge on any atom is -0.475 e. The van der Waals surface area contributed by atoms with Crippen LogP contribution < -0.4 is 10.5 Å². The number of nitrogens with two attached hydrogens (primary N) is 1. The van der Waals surface area contributed by atoms with Crippen LogP contribution >= 0.6 is 0 Å². The maximum absolute atomic E-state index is 6.04. The number of aliphatic imine (C=N–C) groups is 1. The van der Waals surface area contributed by atoms with Gasteiger partial charge in [-0.05, 0) is 30.9 Å². The zero-order chi connectivity index (χ0) is 16.7. The Bertz CT molecular complexity index is 513. The van der Waals surface area contributed by atoms with Crippen LogP contribution in [0.4, 0.5) is 0 Å². The van der Waals surface area contributed by atoms with Crippen molar-refractivity contribution in [2.75, 3.05) is 26.3 Å². The number of guanidine groups is 1. The molecule has 0 aromatic carbocycles. The maximum atomic E-state index is 6.04. The molecular weight excluding hydrogens is 292 g/mol. The van der Waals surface area contributed by atoms with Gasteiger partial charge in [0.2, 0.25) is 5.88 Å².